The third kappa shape index (κ3) is 5.72. The van der Waals surface area contributed by atoms with Gasteiger partial charge in [0.15, 0.2) is 0 Å². The smallest absolute Gasteiger partial charge is 0.368 e. The highest BCUT2D eigenvalue weighted by Crippen LogP contribution is 2.34. The van der Waals surface area contributed by atoms with Crippen molar-refractivity contribution < 1.29 is 31.1 Å². The molecule has 0 amide bonds. The highest BCUT2D eigenvalue weighted by atomic mass is 35.5. The second-order valence-corrected chi connectivity index (χ2v) is 6.96. The van der Waals surface area contributed by atoms with Crippen molar-refractivity contribution in [3.63, 3.8) is 0 Å². The Bertz CT molecular complexity index is 841. The topological polar surface area (TPSA) is 47.0 Å². The maximum atomic E-state index is 12.8. The number of rotatable bonds is 4. The quantitative estimate of drug-likeness (QED) is 0.476. The summed E-state index contributed by atoms with van der Waals surface area (Å²) < 4.78 is 82.3. The summed E-state index contributed by atoms with van der Waals surface area (Å²) in [5.41, 5.74) is -0.122. The van der Waals surface area contributed by atoms with E-state index in [-0.39, 0.29) is 23.6 Å². The van der Waals surface area contributed by atoms with Crippen LogP contribution in [0.5, 0.6) is 0 Å². The van der Waals surface area contributed by atoms with E-state index in [1.54, 1.807) is 0 Å². The first-order valence-corrected chi connectivity index (χ1v) is 9.08. The van der Waals surface area contributed by atoms with Crippen molar-refractivity contribution >= 4 is 17.4 Å². The SMILES string of the molecule is FC(F)(F)c1ccc([C@@H]2CCC[C@H](CNc3cc(Cl)nc(C(F)(F)F)n3)O2)cc1. The Hall–Kier alpha value is -2.07. The molecule has 1 aliphatic rings. The molecule has 1 aliphatic heterocycles. The molecule has 0 spiro atoms. The minimum absolute atomic E-state index is 0.0856. The second kappa shape index (κ2) is 8.35. The van der Waals surface area contributed by atoms with Crippen LogP contribution in [0, 0.1) is 0 Å². The van der Waals surface area contributed by atoms with Gasteiger partial charge in [-0.25, -0.2) is 9.97 Å². The maximum absolute atomic E-state index is 12.8. The lowest BCUT2D eigenvalue weighted by atomic mass is 9.97. The molecule has 0 aliphatic carbocycles. The number of nitrogens with one attached hydrogen (secondary N) is 1. The van der Waals surface area contributed by atoms with Gasteiger partial charge in [-0.2, -0.15) is 26.3 Å². The highest BCUT2D eigenvalue weighted by molar-refractivity contribution is 6.29. The van der Waals surface area contributed by atoms with Gasteiger partial charge >= 0.3 is 12.4 Å². The standard InChI is InChI=1S/C18H16ClF6N3O/c19-14-8-15(28-16(27-14)18(23,24)25)26-9-12-2-1-3-13(29-12)10-4-6-11(7-5-10)17(20,21)22/h4-8,12-13H,1-3,9H2,(H,26,27,28)/t12-,13+/m1/s1. The van der Waals surface area contributed by atoms with Crippen LogP contribution in [0.15, 0.2) is 30.3 Å². The van der Waals surface area contributed by atoms with Crippen LogP contribution in [-0.2, 0) is 17.1 Å². The zero-order valence-corrected chi connectivity index (χ0v) is 15.6. The molecule has 29 heavy (non-hydrogen) atoms. The van der Waals surface area contributed by atoms with Crippen molar-refractivity contribution in [2.45, 2.75) is 43.8 Å². The van der Waals surface area contributed by atoms with Crippen molar-refractivity contribution in [3.8, 4) is 0 Å². The summed E-state index contributed by atoms with van der Waals surface area (Å²) in [6.45, 7) is 0.168. The molecule has 0 radical (unpaired) electrons. The van der Waals surface area contributed by atoms with Gasteiger partial charge in [-0.1, -0.05) is 23.7 Å². The van der Waals surface area contributed by atoms with E-state index in [1.807, 2.05) is 0 Å². The molecule has 11 heteroatoms. The molecule has 158 valence electrons. The van der Waals surface area contributed by atoms with E-state index >= 15 is 0 Å². The van der Waals surface area contributed by atoms with Gasteiger partial charge in [0.1, 0.15) is 11.0 Å². The predicted molar refractivity (Wildman–Crippen MR) is 93.4 cm³/mol. The lowest BCUT2D eigenvalue weighted by molar-refractivity contribution is -0.144. The average molecular weight is 440 g/mol. The number of nitrogens with zero attached hydrogens (tertiary/aromatic N) is 2. The van der Waals surface area contributed by atoms with Crippen LogP contribution in [-0.4, -0.2) is 22.6 Å². The van der Waals surface area contributed by atoms with Gasteiger partial charge in [0.25, 0.3) is 0 Å². The van der Waals surface area contributed by atoms with Crippen LogP contribution in [0.1, 0.15) is 42.3 Å². The Kier molecular flexibility index (Phi) is 6.23. The van der Waals surface area contributed by atoms with Crippen LogP contribution < -0.4 is 5.32 Å². The summed E-state index contributed by atoms with van der Waals surface area (Å²) >= 11 is 5.62. The van der Waals surface area contributed by atoms with Gasteiger partial charge in [-0.05, 0) is 37.0 Å². The predicted octanol–water partition coefficient (Wildman–Crippen LogP) is 5.89. The fourth-order valence-electron chi connectivity index (χ4n) is 3.03. The Balaban J connectivity index is 1.63. The van der Waals surface area contributed by atoms with Gasteiger partial charge < -0.3 is 10.1 Å². The van der Waals surface area contributed by atoms with Crippen LogP contribution >= 0.6 is 11.6 Å². The molecule has 1 saturated heterocycles. The number of aromatic nitrogens is 2. The van der Waals surface area contributed by atoms with Crippen molar-refractivity contribution in [3.05, 3.63) is 52.4 Å². The molecule has 1 N–H and O–H groups in total. The fourth-order valence-corrected chi connectivity index (χ4v) is 3.22. The lowest BCUT2D eigenvalue weighted by Gasteiger charge is -2.31. The number of halogens is 7. The van der Waals surface area contributed by atoms with Gasteiger partial charge in [0, 0.05) is 12.6 Å². The molecular formula is C18H16ClF6N3O. The molecule has 1 aromatic heterocycles. The molecule has 1 fully saturated rings. The first-order chi connectivity index (χ1) is 13.5. The first-order valence-electron chi connectivity index (χ1n) is 8.70. The van der Waals surface area contributed by atoms with Crippen molar-refractivity contribution in [1.82, 2.24) is 9.97 Å². The first kappa shape index (κ1) is 21.6. The fraction of sp³-hybridized carbons (Fsp3) is 0.444. The zero-order chi connectivity index (χ0) is 21.2. The molecule has 4 nitrogen and oxygen atoms in total. The number of anilines is 1. The lowest BCUT2D eigenvalue weighted by Crippen LogP contribution is -2.29. The number of ether oxygens (including phenoxy) is 1. The molecule has 2 aromatic rings. The van der Waals surface area contributed by atoms with E-state index in [0.29, 0.717) is 18.4 Å². The highest BCUT2D eigenvalue weighted by Gasteiger charge is 2.35. The van der Waals surface area contributed by atoms with Gasteiger partial charge in [0.05, 0.1) is 17.8 Å². The second-order valence-electron chi connectivity index (χ2n) is 6.58. The summed E-state index contributed by atoms with van der Waals surface area (Å²) in [6, 6.07) is 5.93. The average Bonchev–Trinajstić information content (AvgIpc) is 2.65. The Morgan fingerprint density at radius 1 is 1.00 bits per heavy atom. The van der Waals surface area contributed by atoms with Crippen molar-refractivity contribution in [2.24, 2.45) is 0 Å². The molecular weight excluding hydrogens is 424 g/mol. The molecule has 0 saturated carbocycles. The summed E-state index contributed by atoms with van der Waals surface area (Å²) in [7, 11) is 0. The van der Waals surface area contributed by atoms with Gasteiger partial charge in [-0.3, -0.25) is 0 Å². The normalized spacial score (nSPS) is 20.5. The minimum atomic E-state index is -4.73. The van der Waals surface area contributed by atoms with E-state index in [1.165, 1.54) is 18.2 Å². The third-order valence-electron chi connectivity index (χ3n) is 4.42. The van der Waals surface area contributed by atoms with Crippen LogP contribution in [0.3, 0.4) is 0 Å². The largest absolute Gasteiger partial charge is 0.451 e. The van der Waals surface area contributed by atoms with Crippen molar-refractivity contribution in [1.29, 1.82) is 0 Å². The molecule has 3 rings (SSSR count). The monoisotopic (exact) mass is 439 g/mol. The van der Waals surface area contributed by atoms with Crippen molar-refractivity contribution in [2.75, 3.05) is 11.9 Å². The third-order valence-corrected chi connectivity index (χ3v) is 4.61. The molecule has 0 unspecified atom stereocenters. The molecule has 0 bridgehead atoms. The van der Waals surface area contributed by atoms with Crippen LogP contribution in [0.2, 0.25) is 5.15 Å². The Morgan fingerprint density at radius 3 is 2.31 bits per heavy atom. The Labute approximate surface area is 167 Å². The molecule has 1 aromatic carbocycles. The van der Waals surface area contributed by atoms with E-state index in [2.05, 4.69) is 15.3 Å². The van der Waals surface area contributed by atoms with Gasteiger partial charge in [0.2, 0.25) is 5.82 Å². The van der Waals surface area contributed by atoms with Crippen LogP contribution in [0.25, 0.3) is 0 Å². The summed E-state index contributed by atoms with van der Waals surface area (Å²) in [6.07, 6.45) is -7.83. The molecule has 2 heterocycles. The summed E-state index contributed by atoms with van der Waals surface area (Å²) in [4.78, 5) is 6.56. The van der Waals surface area contributed by atoms with Crippen LogP contribution in [0.4, 0.5) is 32.2 Å². The van der Waals surface area contributed by atoms with E-state index < -0.39 is 29.8 Å². The minimum Gasteiger partial charge on any atom is -0.368 e. The van der Waals surface area contributed by atoms with E-state index in [9.17, 15) is 26.3 Å². The number of benzene rings is 1. The van der Waals surface area contributed by atoms with E-state index in [4.69, 9.17) is 16.3 Å². The number of alkyl halides is 6. The maximum Gasteiger partial charge on any atom is 0.451 e. The summed E-state index contributed by atoms with van der Waals surface area (Å²) in [5.74, 6) is -1.43. The Morgan fingerprint density at radius 2 is 1.69 bits per heavy atom. The number of hydrogen-bond donors (Lipinski definition) is 1. The molecule has 2 atom stereocenters. The van der Waals surface area contributed by atoms with Gasteiger partial charge in [-0.15, -0.1) is 0 Å². The number of hydrogen-bond acceptors (Lipinski definition) is 4. The zero-order valence-electron chi connectivity index (χ0n) is 14.8. The van der Waals surface area contributed by atoms with E-state index in [0.717, 1.165) is 18.6 Å². The summed E-state index contributed by atoms with van der Waals surface area (Å²) in [5, 5.41) is 2.41.